The van der Waals surface area contributed by atoms with Crippen LogP contribution in [0.4, 0.5) is 11.5 Å². The maximum Gasteiger partial charge on any atom is 0.257 e. The van der Waals surface area contributed by atoms with Crippen LogP contribution in [-0.4, -0.2) is 58.1 Å². The maximum absolute atomic E-state index is 12.8. The molecule has 0 radical (unpaired) electrons. The summed E-state index contributed by atoms with van der Waals surface area (Å²) in [5, 5.41) is 3.54. The molecule has 1 N–H and O–H groups in total. The lowest BCUT2D eigenvalue weighted by atomic mass is 10.1. The third-order valence-corrected chi connectivity index (χ3v) is 6.93. The van der Waals surface area contributed by atoms with Crippen molar-refractivity contribution < 1.29 is 4.79 Å². The number of halogens is 1. The lowest BCUT2D eigenvalue weighted by Crippen LogP contribution is -2.47. The van der Waals surface area contributed by atoms with Gasteiger partial charge >= 0.3 is 0 Å². The van der Waals surface area contributed by atoms with E-state index in [9.17, 15) is 4.79 Å². The Balaban J connectivity index is 1.23. The number of hydrogen-bond acceptors (Lipinski definition) is 5. The number of carbonyl (C=O) groups excluding carboxylic acids is 1. The molecular weight excluding hydrogens is 436 g/mol. The van der Waals surface area contributed by atoms with Gasteiger partial charge in [0.2, 0.25) is 0 Å². The van der Waals surface area contributed by atoms with Crippen LogP contribution in [0.1, 0.15) is 28.9 Å². The molecule has 1 aliphatic heterocycles. The van der Waals surface area contributed by atoms with Crippen molar-refractivity contribution in [3.05, 3.63) is 59.0 Å². The maximum atomic E-state index is 12.8. The van der Waals surface area contributed by atoms with Crippen molar-refractivity contribution in [1.82, 2.24) is 19.4 Å². The van der Waals surface area contributed by atoms with E-state index in [2.05, 4.69) is 25.1 Å². The Labute approximate surface area is 199 Å². The summed E-state index contributed by atoms with van der Waals surface area (Å²) < 4.78 is 1.97. The molecule has 0 unspecified atom stereocenters. The van der Waals surface area contributed by atoms with Crippen LogP contribution in [0, 0.1) is 12.8 Å². The van der Waals surface area contributed by atoms with Crippen LogP contribution in [0.2, 0.25) is 5.02 Å². The van der Waals surface area contributed by atoms with E-state index in [1.165, 1.54) is 19.4 Å². The highest BCUT2D eigenvalue weighted by atomic mass is 35.5. The number of aromatic nitrogens is 3. The van der Waals surface area contributed by atoms with Crippen LogP contribution in [0.3, 0.4) is 0 Å². The average molecular weight is 465 g/mol. The van der Waals surface area contributed by atoms with Gasteiger partial charge in [0.15, 0.2) is 0 Å². The van der Waals surface area contributed by atoms with E-state index in [0.29, 0.717) is 16.3 Å². The van der Waals surface area contributed by atoms with Crippen LogP contribution in [-0.2, 0) is 7.05 Å². The fraction of sp³-hybridized carbons (Fsp3) is 0.400. The van der Waals surface area contributed by atoms with Gasteiger partial charge in [-0.15, -0.1) is 0 Å². The van der Waals surface area contributed by atoms with Crippen molar-refractivity contribution in [2.75, 3.05) is 42.9 Å². The van der Waals surface area contributed by atoms with E-state index in [4.69, 9.17) is 11.6 Å². The third kappa shape index (κ3) is 4.89. The summed E-state index contributed by atoms with van der Waals surface area (Å²) in [6.45, 7) is 7.34. The van der Waals surface area contributed by atoms with Gasteiger partial charge < -0.3 is 14.8 Å². The second-order valence-electron chi connectivity index (χ2n) is 9.07. The van der Waals surface area contributed by atoms with Crippen molar-refractivity contribution in [3.63, 3.8) is 0 Å². The highest BCUT2D eigenvalue weighted by Crippen LogP contribution is 2.31. The molecule has 1 saturated heterocycles. The van der Waals surface area contributed by atoms with Gasteiger partial charge in [0, 0.05) is 69.1 Å². The van der Waals surface area contributed by atoms with Gasteiger partial charge in [-0.05, 0) is 56.0 Å². The summed E-state index contributed by atoms with van der Waals surface area (Å²) >= 11 is 6.41. The van der Waals surface area contributed by atoms with Crippen molar-refractivity contribution >= 4 is 29.0 Å². The van der Waals surface area contributed by atoms with Gasteiger partial charge in [-0.2, -0.15) is 0 Å². The molecule has 3 heterocycles. The summed E-state index contributed by atoms with van der Waals surface area (Å²) in [6, 6.07) is 9.21. The van der Waals surface area contributed by atoms with Crippen LogP contribution in [0.5, 0.6) is 0 Å². The Bertz CT molecular complexity index is 1150. The lowest BCUT2D eigenvalue weighted by molar-refractivity contribution is 0.102. The van der Waals surface area contributed by atoms with Gasteiger partial charge in [-0.3, -0.25) is 9.69 Å². The standard InChI is InChI=1S/C25H29ClN6O/c1-17-14-28-24(30(17)2)21-13-20(6-7-22(21)26)29-25(33)19-5-8-23(27-15-19)32-11-9-31(10-12-32)16-18-3-4-18/h5-8,13-15,18H,3-4,9-12,16H2,1-2H3,(H,29,33). The quantitative estimate of drug-likeness (QED) is 0.591. The Morgan fingerprint density at radius 2 is 1.88 bits per heavy atom. The monoisotopic (exact) mass is 464 g/mol. The first-order valence-corrected chi connectivity index (χ1v) is 11.9. The molecular formula is C25H29ClN6O. The van der Waals surface area contributed by atoms with Crippen molar-refractivity contribution in [1.29, 1.82) is 0 Å². The molecule has 2 fully saturated rings. The van der Waals surface area contributed by atoms with E-state index >= 15 is 0 Å². The molecule has 8 heteroatoms. The Kier molecular flexibility index (Phi) is 6.08. The van der Waals surface area contributed by atoms with E-state index < -0.39 is 0 Å². The van der Waals surface area contributed by atoms with Gasteiger partial charge in [-0.25, -0.2) is 9.97 Å². The number of pyridine rings is 1. The first kappa shape index (κ1) is 21.9. The first-order valence-electron chi connectivity index (χ1n) is 11.5. The van der Waals surface area contributed by atoms with Crippen LogP contribution < -0.4 is 10.2 Å². The fourth-order valence-electron chi connectivity index (χ4n) is 4.26. The molecule has 1 saturated carbocycles. The molecule has 0 spiro atoms. The fourth-order valence-corrected chi connectivity index (χ4v) is 4.46. The summed E-state index contributed by atoms with van der Waals surface area (Å²) in [5.41, 5.74) is 3.00. The predicted molar refractivity (Wildman–Crippen MR) is 132 cm³/mol. The molecule has 7 nitrogen and oxygen atoms in total. The van der Waals surface area contributed by atoms with E-state index in [0.717, 1.165) is 55.0 Å². The Morgan fingerprint density at radius 3 is 2.52 bits per heavy atom. The molecule has 1 aromatic carbocycles. The topological polar surface area (TPSA) is 66.3 Å². The number of benzene rings is 1. The minimum Gasteiger partial charge on any atom is -0.354 e. The Morgan fingerprint density at radius 1 is 1.09 bits per heavy atom. The number of piperazine rings is 1. The molecule has 0 bridgehead atoms. The molecule has 3 aromatic rings. The zero-order valence-electron chi connectivity index (χ0n) is 19.1. The molecule has 1 aliphatic carbocycles. The number of rotatable bonds is 6. The molecule has 172 valence electrons. The second kappa shape index (κ2) is 9.15. The average Bonchev–Trinajstić information content (AvgIpc) is 3.59. The molecule has 0 atom stereocenters. The highest BCUT2D eigenvalue weighted by Gasteiger charge is 2.26. The number of imidazole rings is 1. The molecule has 1 amide bonds. The zero-order valence-corrected chi connectivity index (χ0v) is 19.8. The van der Waals surface area contributed by atoms with Gasteiger partial charge in [0.25, 0.3) is 5.91 Å². The van der Waals surface area contributed by atoms with Crippen molar-refractivity contribution in [2.45, 2.75) is 19.8 Å². The normalized spacial score (nSPS) is 16.8. The number of nitrogens with zero attached hydrogens (tertiary/aromatic N) is 5. The van der Waals surface area contributed by atoms with Crippen LogP contribution in [0.25, 0.3) is 11.4 Å². The van der Waals surface area contributed by atoms with Crippen molar-refractivity contribution in [3.8, 4) is 11.4 Å². The zero-order chi connectivity index (χ0) is 22.9. The predicted octanol–water partition coefficient (Wildman–Crippen LogP) is 4.23. The second-order valence-corrected chi connectivity index (χ2v) is 9.47. The summed E-state index contributed by atoms with van der Waals surface area (Å²) in [6.07, 6.45) is 6.24. The number of carbonyl (C=O) groups is 1. The van der Waals surface area contributed by atoms with E-state index in [1.807, 2.05) is 36.7 Å². The number of nitrogens with one attached hydrogen (secondary N) is 1. The Hall–Kier alpha value is -2.90. The number of amides is 1. The van der Waals surface area contributed by atoms with Crippen LogP contribution in [0.15, 0.2) is 42.7 Å². The van der Waals surface area contributed by atoms with E-state index in [1.54, 1.807) is 24.5 Å². The highest BCUT2D eigenvalue weighted by molar-refractivity contribution is 6.33. The molecule has 5 rings (SSSR count). The summed E-state index contributed by atoms with van der Waals surface area (Å²) in [5.74, 6) is 2.41. The molecule has 2 aromatic heterocycles. The smallest absolute Gasteiger partial charge is 0.257 e. The number of aryl methyl sites for hydroxylation is 1. The number of hydrogen-bond donors (Lipinski definition) is 1. The third-order valence-electron chi connectivity index (χ3n) is 6.61. The van der Waals surface area contributed by atoms with Gasteiger partial charge in [-0.1, -0.05) is 11.6 Å². The van der Waals surface area contributed by atoms with Crippen LogP contribution >= 0.6 is 11.6 Å². The largest absolute Gasteiger partial charge is 0.354 e. The molecule has 33 heavy (non-hydrogen) atoms. The SMILES string of the molecule is Cc1cnc(-c2cc(NC(=O)c3ccc(N4CCN(CC5CC5)CC4)nc3)ccc2Cl)n1C. The van der Waals surface area contributed by atoms with E-state index in [-0.39, 0.29) is 5.91 Å². The lowest BCUT2D eigenvalue weighted by Gasteiger charge is -2.35. The first-order chi connectivity index (χ1) is 16.0. The minimum absolute atomic E-state index is 0.201. The summed E-state index contributed by atoms with van der Waals surface area (Å²) in [7, 11) is 1.94. The van der Waals surface area contributed by atoms with Gasteiger partial charge in [0.05, 0.1) is 10.6 Å². The van der Waals surface area contributed by atoms with Crippen molar-refractivity contribution in [2.24, 2.45) is 13.0 Å². The van der Waals surface area contributed by atoms with Gasteiger partial charge in [0.1, 0.15) is 11.6 Å². The summed E-state index contributed by atoms with van der Waals surface area (Å²) in [4.78, 5) is 26.7. The number of anilines is 2. The molecule has 2 aliphatic rings. The minimum atomic E-state index is -0.201.